The van der Waals surface area contributed by atoms with Crippen molar-refractivity contribution in [1.82, 2.24) is 9.97 Å². The molecule has 0 saturated carbocycles. The molecule has 2 heterocycles. The highest BCUT2D eigenvalue weighted by Crippen LogP contribution is 2.27. The van der Waals surface area contributed by atoms with Gasteiger partial charge in [-0.25, -0.2) is 0 Å². The van der Waals surface area contributed by atoms with Crippen molar-refractivity contribution in [1.29, 1.82) is 0 Å². The maximum absolute atomic E-state index is 13.1. The van der Waals surface area contributed by atoms with Crippen molar-refractivity contribution in [3.8, 4) is 11.5 Å². The minimum Gasteiger partial charge on any atom is -0.495 e. The third kappa shape index (κ3) is 2.15. The summed E-state index contributed by atoms with van der Waals surface area (Å²) in [4.78, 5) is 32.7. The molecule has 2 N–H and O–H groups in total. The Balaban J connectivity index is 1.99. The number of hydrogen-bond acceptors (Lipinski definition) is 4. The molecule has 0 bridgehead atoms. The highest BCUT2D eigenvalue weighted by molar-refractivity contribution is 6.04. The van der Waals surface area contributed by atoms with Crippen LogP contribution in [0.5, 0.6) is 11.5 Å². The standard InChI is InChI=1S/C22H16N2O4/c1-27-17-7-3-5-11-19(17)23-15-9-14-16(10-13(15)21(11)25)24-20-12(22(14)26)6-4-8-18(20)28-2/h3-10H,1-2H3,(H,23,25)(H,24,26). The predicted molar refractivity (Wildman–Crippen MR) is 111 cm³/mol. The van der Waals surface area contributed by atoms with Crippen molar-refractivity contribution in [2.45, 2.75) is 0 Å². The minimum absolute atomic E-state index is 0.120. The van der Waals surface area contributed by atoms with E-state index in [9.17, 15) is 9.59 Å². The van der Waals surface area contributed by atoms with Gasteiger partial charge in [0.25, 0.3) is 0 Å². The third-order valence-electron chi connectivity index (χ3n) is 5.15. The van der Waals surface area contributed by atoms with E-state index in [1.165, 1.54) is 0 Å². The highest BCUT2D eigenvalue weighted by atomic mass is 16.5. The molecule has 0 radical (unpaired) electrons. The molecule has 2 aromatic heterocycles. The van der Waals surface area contributed by atoms with Gasteiger partial charge in [0, 0.05) is 21.5 Å². The van der Waals surface area contributed by atoms with Gasteiger partial charge in [0.1, 0.15) is 11.5 Å². The number of H-pyrrole nitrogens is 2. The van der Waals surface area contributed by atoms with Gasteiger partial charge in [-0.1, -0.05) is 12.1 Å². The number of aromatic nitrogens is 2. The number of rotatable bonds is 2. The van der Waals surface area contributed by atoms with Crippen LogP contribution in [0.15, 0.2) is 58.1 Å². The van der Waals surface area contributed by atoms with Crippen LogP contribution in [0, 0.1) is 0 Å². The first-order chi connectivity index (χ1) is 13.6. The molecule has 5 aromatic rings. The monoisotopic (exact) mass is 372 g/mol. The lowest BCUT2D eigenvalue weighted by molar-refractivity contribution is 0.419. The first-order valence-electron chi connectivity index (χ1n) is 8.78. The molecule has 3 aromatic carbocycles. The van der Waals surface area contributed by atoms with Crippen LogP contribution >= 0.6 is 0 Å². The fraction of sp³-hybridized carbons (Fsp3) is 0.0909. The molecule has 5 rings (SSSR count). The number of nitrogens with one attached hydrogen (secondary N) is 2. The molecule has 0 atom stereocenters. The number of ether oxygens (including phenoxy) is 2. The zero-order valence-electron chi connectivity index (χ0n) is 15.3. The molecule has 0 spiro atoms. The summed E-state index contributed by atoms with van der Waals surface area (Å²) in [7, 11) is 3.11. The van der Waals surface area contributed by atoms with Crippen LogP contribution in [-0.4, -0.2) is 24.2 Å². The zero-order valence-corrected chi connectivity index (χ0v) is 15.3. The van der Waals surface area contributed by atoms with E-state index in [-0.39, 0.29) is 10.9 Å². The molecule has 138 valence electrons. The number of para-hydroxylation sites is 2. The van der Waals surface area contributed by atoms with Crippen molar-refractivity contribution in [3.63, 3.8) is 0 Å². The average Bonchev–Trinajstić information content (AvgIpc) is 2.73. The summed E-state index contributed by atoms with van der Waals surface area (Å²) in [5, 5.41) is 2.06. The van der Waals surface area contributed by atoms with E-state index in [4.69, 9.17) is 9.47 Å². The molecule has 0 fully saturated rings. The first kappa shape index (κ1) is 16.4. The summed E-state index contributed by atoms with van der Waals surface area (Å²) in [6.07, 6.45) is 0. The summed E-state index contributed by atoms with van der Waals surface area (Å²) in [5.41, 5.74) is 2.15. The molecule has 0 saturated heterocycles. The molecule has 0 aliphatic heterocycles. The number of methoxy groups -OCH3 is 2. The van der Waals surface area contributed by atoms with Gasteiger partial charge >= 0.3 is 0 Å². The van der Waals surface area contributed by atoms with Crippen molar-refractivity contribution in [2.24, 2.45) is 0 Å². The number of benzene rings is 3. The van der Waals surface area contributed by atoms with Gasteiger partial charge in [-0.05, 0) is 36.4 Å². The van der Waals surface area contributed by atoms with E-state index in [2.05, 4.69) is 9.97 Å². The Labute approximate surface area is 158 Å². The molecule has 0 aliphatic rings. The van der Waals surface area contributed by atoms with Crippen molar-refractivity contribution < 1.29 is 9.47 Å². The van der Waals surface area contributed by atoms with Crippen molar-refractivity contribution >= 4 is 43.6 Å². The second-order valence-corrected chi connectivity index (χ2v) is 6.62. The van der Waals surface area contributed by atoms with Gasteiger partial charge < -0.3 is 19.4 Å². The Hall–Kier alpha value is -3.80. The molecular formula is C22H16N2O4. The maximum atomic E-state index is 13.1. The number of pyridine rings is 2. The summed E-state index contributed by atoms with van der Waals surface area (Å²) >= 11 is 0. The largest absolute Gasteiger partial charge is 0.495 e. The third-order valence-corrected chi connectivity index (χ3v) is 5.15. The van der Waals surface area contributed by atoms with Crippen LogP contribution in [0.4, 0.5) is 0 Å². The van der Waals surface area contributed by atoms with Crippen LogP contribution in [-0.2, 0) is 0 Å². The van der Waals surface area contributed by atoms with Crippen LogP contribution in [0.25, 0.3) is 43.6 Å². The van der Waals surface area contributed by atoms with Crippen LogP contribution < -0.4 is 20.3 Å². The molecule has 28 heavy (non-hydrogen) atoms. The Kier molecular flexibility index (Phi) is 3.42. The van der Waals surface area contributed by atoms with Gasteiger partial charge in [-0.3, -0.25) is 9.59 Å². The van der Waals surface area contributed by atoms with Gasteiger partial charge in [0.15, 0.2) is 10.9 Å². The van der Waals surface area contributed by atoms with Gasteiger partial charge in [0.05, 0.1) is 36.3 Å². The molecule has 6 heteroatoms. The molecule has 0 amide bonds. The Bertz CT molecular complexity index is 1410. The number of aromatic amines is 2. The van der Waals surface area contributed by atoms with Gasteiger partial charge in [-0.2, -0.15) is 0 Å². The van der Waals surface area contributed by atoms with E-state index in [1.807, 2.05) is 0 Å². The predicted octanol–water partition coefficient (Wildman–Crippen LogP) is 3.69. The highest BCUT2D eigenvalue weighted by Gasteiger charge is 2.14. The lowest BCUT2D eigenvalue weighted by Crippen LogP contribution is -2.09. The molecular weight excluding hydrogens is 356 g/mol. The van der Waals surface area contributed by atoms with Gasteiger partial charge in [0.2, 0.25) is 0 Å². The van der Waals surface area contributed by atoms with Crippen molar-refractivity contribution in [2.75, 3.05) is 14.2 Å². The van der Waals surface area contributed by atoms with E-state index in [0.717, 1.165) is 0 Å². The fourth-order valence-electron chi connectivity index (χ4n) is 3.78. The molecule has 0 aliphatic carbocycles. The first-order valence-corrected chi connectivity index (χ1v) is 8.78. The Morgan fingerprint density at radius 1 is 0.643 bits per heavy atom. The van der Waals surface area contributed by atoms with Crippen LogP contribution in [0.2, 0.25) is 0 Å². The Morgan fingerprint density at radius 2 is 1.07 bits per heavy atom. The second-order valence-electron chi connectivity index (χ2n) is 6.62. The van der Waals surface area contributed by atoms with E-state index >= 15 is 0 Å². The molecule has 6 nitrogen and oxygen atoms in total. The summed E-state index contributed by atoms with van der Waals surface area (Å²) in [6.45, 7) is 0. The Morgan fingerprint density at radius 3 is 1.46 bits per heavy atom. The lowest BCUT2D eigenvalue weighted by Gasteiger charge is -2.10. The lowest BCUT2D eigenvalue weighted by atomic mass is 10.0. The summed E-state index contributed by atoms with van der Waals surface area (Å²) in [5.74, 6) is 1.16. The van der Waals surface area contributed by atoms with Crippen LogP contribution in [0.3, 0.4) is 0 Å². The van der Waals surface area contributed by atoms with Crippen LogP contribution in [0.1, 0.15) is 0 Å². The smallest absolute Gasteiger partial charge is 0.197 e. The second kappa shape index (κ2) is 5.85. The summed E-state index contributed by atoms with van der Waals surface area (Å²) in [6, 6.07) is 14.1. The van der Waals surface area contributed by atoms with E-state index < -0.39 is 0 Å². The zero-order chi connectivity index (χ0) is 19.4. The van der Waals surface area contributed by atoms with E-state index in [0.29, 0.717) is 55.1 Å². The average molecular weight is 372 g/mol. The maximum Gasteiger partial charge on any atom is 0.197 e. The quantitative estimate of drug-likeness (QED) is 0.463. The minimum atomic E-state index is -0.120. The topological polar surface area (TPSA) is 84.2 Å². The molecule has 0 unspecified atom stereocenters. The normalized spacial score (nSPS) is 11.5. The fourth-order valence-corrected chi connectivity index (χ4v) is 3.78. The van der Waals surface area contributed by atoms with E-state index in [1.54, 1.807) is 62.8 Å². The SMILES string of the molecule is COc1cccc2c(=O)c3cc4[nH]c5c(OC)cccc5c(=O)c4cc3[nH]c12. The number of hydrogen-bond donors (Lipinski definition) is 2. The number of fused-ring (bicyclic) bond motifs is 4. The van der Waals surface area contributed by atoms with Gasteiger partial charge in [-0.15, -0.1) is 0 Å². The van der Waals surface area contributed by atoms with Crippen molar-refractivity contribution in [3.05, 3.63) is 69.0 Å². The summed E-state index contributed by atoms with van der Waals surface area (Å²) < 4.78 is 10.7.